The molecule has 0 atom stereocenters. The average molecular weight is 318 g/mol. The van der Waals surface area contributed by atoms with Crippen LogP contribution >= 0.6 is 11.6 Å². The van der Waals surface area contributed by atoms with Crippen molar-refractivity contribution < 1.29 is 4.79 Å². The first kappa shape index (κ1) is 15.3. The van der Waals surface area contributed by atoms with Crippen LogP contribution in [0.4, 0.5) is 0 Å². The number of halogens is 1. The summed E-state index contributed by atoms with van der Waals surface area (Å²) in [4.78, 5) is 19.1. The summed E-state index contributed by atoms with van der Waals surface area (Å²) in [5.74, 6) is 0.692. The molecule has 1 aliphatic heterocycles. The number of aromatic nitrogens is 1. The van der Waals surface area contributed by atoms with Crippen molar-refractivity contribution in [1.29, 1.82) is 0 Å². The summed E-state index contributed by atoms with van der Waals surface area (Å²) in [5, 5.41) is 4.70. The molecule has 1 N–H and O–H groups in total. The zero-order chi connectivity index (χ0) is 15.5. The minimum atomic E-state index is 0.0362. The topological polar surface area (TPSA) is 45.2 Å². The number of hydrogen-bond acceptors (Lipinski definition) is 3. The number of nitrogens with one attached hydrogen (secondary N) is 1. The molecule has 1 aromatic heterocycles. The molecule has 22 heavy (non-hydrogen) atoms. The van der Waals surface area contributed by atoms with Gasteiger partial charge in [-0.05, 0) is 50.6 Å². The second kappa shape index (κ2) is 6.63. The molecule has 2 heterocycles. The molecule has 0 radical (unpaired) electrons. The lowest BCUT2D eigenvalue weighted by atomic mass is 9.96. The predicted molar refractivity (Wildman–Crippen MR) is 89.3 cm³/mol. The van der Waals surface area contributed by atoms with E-state index in [4.69, 9.17) is 11.6 Å². The monoisotopic (exact) mass is 317 g/mol. The maximum absolute atomic E-state index is 12.8. The molecule has 2 aromatic rings. The zero-order valence-corrected chi connectivity index (χ0v) is 13.4. The Bertz CT molecular complexity index is 681. The van der Waals surface area contributed by atoms with Gasteiger partial charge in [0.1, 0.15) is 0 Å². The fourth-order valence-corrected chi connectivity index (χ4v) is 3.34. The van der Waals surface area contributed by atoms with E-state index < -0.39 is 0 Å². The Labute approximate surface area is 135 Å². The van der Waals surface area contributed by atoms with Crippen LogP contribution in [-0.2, 0) is 0 Å². The Kier molecular flexibility index (Phi) is 4.60. The third kappa shape index (κ3) is 3.08. The van der Waals surface area contributed by atoms with Gasteiger partial charge in [0.25, 0.3) is 5.91 Å². The van der Waals surface area contributed by atoms with E-state index in [1.54, 1.807) is 12.3 Å². The maximum atomic E-state index is 12.8. The summed E-state index contributed by atoms with van der Waals surface area (Å²) in [5.41, 5.74) is 1.34. The molecule has 4 nitrogen and oxygen atoms in total. The van der Waals surface area contributed by atoms with Gasteiger partial charge in [0, 0.05) is 29.7 Å². The van der Waals surface area contributed by atoms with Crippen molar-refractivity contribution in [2.75, 3.05) is 26.7 Å². The van der Waals surface area contributed by atoms with E-state index in [9.17, 15) is 4.79 Å². The number of fused-ring (bicyclic) bond motifs is 1. The summed E-state index contributed by atoms with van der Waals surface area (Å²) >= 11 is 6.16. The molecule has 0 bridgehead atoms. The molecule has 1 fully saturated rings. The summed E-state index contributed by atoms with van der Waals surface area (Å²) in [7, 11) is 1.97. The number of piperidine rings is 1. The van der Waals surface area contributed by atoms with Crippen LogP contribution in [-0.4, -0.2) is 42.5 Å². The van der Waals surface area contributed by atoms with Crippen LogP contribution in [0.3, 0.4) is 0 Å². The molecule has 116 valence electrons. The van der Waals surface area contributed by atoms with Gasteiger partial charge < -0.3 is 10.2 Å². The normalized spacial score (nSPS) is 16.2. The minimum Gasteiger partial charge on any atom is -0.339 e. The van der Waals surface area contributed by atoms with E-state index in [0.717, 1.165) is 43.4 Å². The van der Waals surface area contributed by atoms with Gasteiger partial charge in [0.2, 0.25) is 0 Å². The summed E-state index contributed by atoms with van der Waals surface area (Å²) in [6, 6.07) is 7.37. The summed E-state index contributed by atoms with van der Waals surface area (Å²) in [6.45, 7) is 2.61. The Balaban J connectivity index is 1.84. The highest BCUT2D eigenvalue weighted by molar-refractivity contribution is 6.32. The highest BCUT2D eigenvalue weighted by Gasteiger charge is 2.24. The molecule has 1 aromatic carbocycles. The molecule has 0 spiro atoms. The number of amides is 1. The van der Waals surface area contributed by atoms with Crippen molar-refractivity contribution in [3.05, 3.63) is 41.0 Å². The number of nitrogens with zero attached hydrogens (tertiary/aromatic N) is 2. The van der Waals surface area contributed by atoms with Crippen molar-refractivity contribution in [1.82, 2.24) is 15.2 Å². The van der Waals surface area contributed by atoms with Crippen LogP contribution in [0.15, 0.2) is 30.5 Å². The molecular formula is C17H20ClN3O. The van der Waals surface area contributed by atoms with E-state index >= 15 is 0 Å². The molecule has 1 saturated heterocycles. The number of carbonyl (C=O) groups is 1. The lowest BCUT2D eigenvalue weighted by Gasteiger charge is -2.32. The molecule has 0 saturated carbocycles. The smallest absolute Gasteiger partial charge is 0.256 e. The molecule has 1 aliphatic rings. The van der Waals surface area contributed by atoms with E-state index in [1.165, 1.54) is 0 Å². The lowest BCUT2D eigenvalue weighted by Crippen LogP contribution is -2.40. The van der Waals surface area contributed by atoms with Crippen molar-refractivity contribution in [2.24, 2.45) is 5.92 Å². The van der Waals surface area contributed by atoms with E-state index in [-0.39, 0.29) is 5.91 Å². The van der Waals surface area contributed by atoms with Gasteiger partial charge in [-0.1, -0.05) is 17.7 Å². The number of rotatable bonds is 3. The average Bonchev–Trinajstić information content (AvgIpc) is 2.54. The summed E-state index contributed by atoms with van der Waals surface area (Å²) < 4.78 is 0. The van der Waals surface area contributed by atoms with Crippen LogP contribution in [0, 0.1) is 5.92 Å². The number of hydrogen-bond donors (Lipinski definition) is 1. The fraction of sp³-hybridized carbons (Fsp3) is 0.412. The van der Waals surface area contributed by atoms with Gasteiger partial charge in [0.05, 0.1) is 11.1 Å². The van der Waals surface area contributed by atoms with Gasteiger partial charge in [0.15, 0.2) is 0 Å². The zero-order valence-electron chi connectivity index (χ0n) is 12.7. The first-order valence-electron chi connectivity index (χ1n) is 7.67. The largest absolute Gasteiger partial charge is 0.339 e. The van der Waals surface area contributed by atoms with Crippen molar-refractivity contribution in [2.45, 2.75) is 12.8 Å². The highest BCUT2D eigenvalue weighted by atomic mass is 35.5. The first-order valence-corrected chi connectivity index (χ1v) is 8.05. The van der Waals surface area contributed by atoms with E-state index in [0.29, 0.717) is 16.5 Å². The molecule has 3 rings (SSSR count). The minimum absolute atomic E-state index is 0.0362. The molecular weight excluding hydrogens is 298 g/mol. The van der Waals surface area contributed by atoms with Crippen LogP contribution in [0.1, 0.15) is 23.2 Å². The molecule has 1 amide bonds. The standard InChI is InChI=1S/C17H20ClN3O/c1-19-11-12-4-7-21(8-5-12)17(22)15-10-14(18)9-13-3-2-6-20-16(13)15/h2-3,6,9-10,12,19H,4-5,7-8,11H2,1H3. The van der Waals surface area contributed by atoms with Gasteiger partial charge in [-0.2, -0.15) is 0 Å². The van der Waals surface area contributed by atoms with Crippen molar-refractivity contribution in [3.8, 4) is 0 Å². The van der Waals surface area contributed by atoms with Gasteiger partial charge >= 0.3 is 0 Å². The van der Waals surface area contributed by atoms with Crippen molar-refractivity contribution in [3.63, 3.8) is 0 Å². The third-order valence-corrected chi connectivity index (χ3v) is 4.51. The number of carbonyl (C=O) groups excluding carboxylic acids is 1. The van der Waals surface area contributed by atoms with Gasteiger partial charge in [-0.15, -0.1) is 0 Å². The number of benzene rings is 1. The number of pyridine rings is 1. The van der Waals surface area contributed by atoms with Crippen LogP contribution < -0.4 is 5.32 Å². The second-order valence-electron chi connectivity index (χ2n) is 5.82. The molecule has 0 unspecified atom stereocenters. The van der Waals surface area contributed by atoms with Crippen LogP contribution in [0.2, 0.25) is 5.02 Å². The van der Waals surface area contributed by atoms with Gasteiger partial charge in [-0.25, -0.2) is 0 Å². The Morgan fingerprint density at radius 2 is 2.18 bits per heavy atom. The quantitative estimate of drug-likeness (QED) is 0.946. The van der Waals surface area contributed by atoms with Crippen LogP contribution in [0.25, 0.3) is 10.9 Å². The SMILES string of the molecule is CNCC1CCN(C(=O)c2cc(Cl)cc3cccnc23)CC1. The molecule has 0 aliphatic carbocycles. The maximum Gasteiger partial charge on any atom is 0.256 e. The highest BCUT2D eigenvalue weighted by Crippen LogP contribution is 2.25. The second-order valence-corrected chi connectivity index (χ2v) is 6.26. The molecule has 5 heteroatoms. The predicted octanol–water partition coefficient (Wildman–Crippen LogP) is 2.96. The van der Waals surface area contributed by atoms with Crippen molar-refractivity contribution >= 4 is 28.4 Å². The lowest BCUT2D eigenvalue weighted by molar-refractivity contribution is 0.0692. The van der Waals surface area contributed by atoms with Gasteiger partial charge in [-0.3, -0.25) is 9.78 Å². The Morgan fingerprint density at radius 3 is 2.91 bits per heavy atom. The number of likely N-dealkylation sites (tertiary alicyclic amines) is 1. The Morgan fingerprint density at radius 1 is 1.41 bits per heavy atom. The first-order chi connectivity index (χ1) is 10.7. The summed E-state index contributed by atoms with van der Waals surface area (Å²) in [6.07, 6.45) is 3.79. The Hall–Kier alpha value is -1.65. The fourth-order valence-electron chi connectivity index (χ4n) is 3.12. The van der Waals surface area contributed by atoms with E-state index in [2.05, 4.69) is 10.3 Å². The van der Waals surface area contributed by atoms with Crippen LogP contribution in [0.5, 0.6) is 0 Å². The van der Waals surface area contributed by atoms with E-state index in [1.807, 2.05) is 30.1 Å². The third-order valence-electron chi connectivity index (χ3n) is 4.29.